The summed E-state index contributed by atoms with van der Waals surface area (Å²) in [5.41, 5.74) is 3.89. The third kappa shape index (κ3) is 5.61. The number of carbonyl (C=O) groups is 1. The van der Waals surface area contributed by atoms with Crippen LogP contribution in [0.1, 0.15) is 48.2 Å². The number of unbranched alkanes of at least 4 members (excludes halogenated alkanes) is 1. The molecule has 0 aliphatic heterocycles. The Morgan fingerprint density at radius 1 is 1.00 bits per heavy atom. The molecule has 0 aliphatic rings. The molecule has 5 heteroatoms. The second-order valence-electron chi connectivity index (χ2n) is 8.00. The largest absolute Gasteiger partial charge is 0.456 e. The first-order chi connectivity index (χ1) is 14.9. The Balaban J connectivity index is 1.65. The highest BCUT2D eigenvalue weighted by Crippen LogP contribution is 2.25. The number of hydrogen-bond donors (Lipinski definition) is 1. The quantitative estimate of drug-likeness (QED) is 0.499. The molecule has 1 aromatic heterocycles. The van der Waals surface area contributed by atoms with Crippen LogP contribution in [0, 0.1) is 13.8 Å². The lowest BCUT2D eigenvalue weighted by Crippen LogP contribution is -2.27. The fourth-order valence-electron chi connectivity index (χ4n) is 3.84. The maximum absolute atomic E-state index is 12.6. The molecular weight excluding hydrogens is 388 g/mol. The zero-order chi connectivity index (χ0) is 22.4. The van der Waals surface area contributed by atoms with Gasteiger partial charge in [-0.1, -0.05) is 32.0 Å². The van der Waals surface area contributed by atoms with E-state index < -0.39 is 0 Å². The van der Waals surface area contributed by atoms with Gasteiger partial charge in [0, 0.05) is 23.7 Å². The lowest BCUT2D eigenvalue weighted by atomic mass is 10.1. The minimum Gasteiger partial charge on any atom is -0.456 e. The molecule has 164 valence electrons. The van der Waals surface area contributed by atoms with Crippen LogP contribution in [-0.4, -0.2) is 37.0 Å². The second kappa shape index (κ2) is 10.4. The zero-order valence-corrected chi connectivity index (χ0v) is 19.0. The highest BCUT2D eigenvalue weighted by atomic mass is 16.3. The van der Waals surface area contributed by atoms with Gasteiger partial charge in [-0.05, 0) is 75.6 Å². The van der Waals surface area contributed by atoms with Crippen molar-refractivity contribution >= 4 is 16.9 Å². The molecule has 1 N–H and O–H groups in total. The Kier molecular flexibility index (Phi) is 7.64. The molecule has 5 nitrogen and oxygen atoms in total. The van der Waals surface area contributed by atoms with Crippen LogP contribution in [0.2, 0.25) is 0 Å². The molecule has 2 aromatic carbocycles. The van der Waals surface area contributed by atoms with Gasteiger partial charge in [0.2, 0.25) is 0 Å². The van der Waals surface area contributed by atoms with Crippen molar-refractivity contribution in [2.75, 3.05) is 26.2 Å². The van der Waals surface area contributed by atoms with Crippen LogP contribution < -0.4 is 10.7 Å². The minimum atomic E-state index is -0.0827. The van der Waals surface area contributed by atoms with E-state index in [1.54, 1.807) is 12.1 Å². The average Bonchev–Trinajstić information content (AvgIpc) is 2.77. The Morgan fingerprint density at radius 3 is 2.39 bits per heavy atom. The number of benzene rings is 2. The van der Waals surface area contributed by atoms with Gasteiger partial charge in [-0.15, -0.1) is 0 Å². The molecule has 3 rings (SSSR count). The third-order valence-electron chi connectivity index (χ3n) is 5.67. The first kappa shape index (κ1) is 22.8. The van der Waals surface area contributed by atoms with Gasteiger partial charge in [0.1, 0.15) is 11.3 Å². The highest BCUT2D eigenvalue weighted by Gasteiger charge is 2.11. The summed E-state index contributed by atoms with van der Waals surface area (Å²) >= 11 is 0. The Labute approximate surface area is 184 Å². The standard InChI is InChI=1S/C26H32N2O3/c1-5-28(6-2)14-8-7-13-27-26(30)21-11-9-20(10-12-21)24-17-23(29)22-16-18(3)15-19(4)25(22)31-24/h9-12,15-17H,5-8,13-14H2,1-4H3,(H,27,30). The van der Waals surface area contributed by atoms with Crippen LogP contribution in [0.25, 0.3) is 22.3 Å². The van der Waals surface area contributed by atoms with E-state index in [1.165, 1.54) is 6.07 Å². The van der Waals surface area contributed by atoms with Gasteiger partial charge < -0.3 is 14.6 Å². The van der Waals surface area contributed by atoms with Crippen molar-refractivity contribution in [1.82, 2.24) is 10.2 Å². The van der Waals surface area contributed by atoms with Crippen molar-refractivity contribution in [2.24, 2.45) is 0 Å². The topological polar surface area (TPSA) is 62.6 Å². The van der Waals surface area contributed by atoms with Crippen LogP contribution in [0.5, 0.6) is 0 Å². The van der Waals surface area contributed by atoms with Crippen LogP contribution in [-0.2, 0) is 0 Å². The summed E-state index contributed by atoms with van der Waals surface area (Å²) in [6, 6.07) is 12.6. The summed E-state index contributed by atoms with van der Waals surface area (Å²) in [7, 11) is 0. The molecule has 0 spiro atoms. The van der Waals surface area contributed by atoms with Crippen molar-refractivity contribution in [2.45, 2.75) is 40.5 Å². The predicted molar refractivity (Wildman–Crippen MR) is 127 cm³/mol. The van der Waals surface area contributed by atoms with Crippen LogP contribution in [0.15, 0.2) is 51.7 Å². The Bertz CT molecular complexity index is 1100. The summed E-state index contributed by atoms with van der Waals surface area (Å²) < 4.78 is 6.04. The molecule has 0 saturated carbocycles. The smallest absolute Gasteiger partial charge is 0.251 e. The van der Waals surface area contributed by atoms with Crippen LogP contribution >= 0.6 is 0 Å². The van der Waals surface area contributed by atoms with E-state index in [2.05, 4.69) is 24.1 Å². The normalized spacial score (nSPS) is 11.3. The van der Waals surface area contributed by atoms with Gasteiger partial charge >= 0.3 is 0 Å². The molecule has 0 bridgehead atoms. The second-order valence-corrected chi connectivity index (χ2v) is 8.00. The molecule has 0 unspecified atom stereocenters. The molecule has 0 fully saturated rings. The number of nitrogens with one attached hydrogen (secondary N) is 1. The van der Waals surface area contributed by atoms with Crippen molar-refractivity contribution in [1.29, 1.82) is 0 Å². The third-order valence-corrected chi connectivity index (χ3v) is 5.67. The lowest BCUT2D eigenvalue weighted by molar-refractivity contribution is 0.0952. The summed E-state index contributed by atoms with van der Waals surface area (Å²) in [5.74, 6) is 0.425. The first-order valence-electron chi connectivity index (χ1n) is 11.1. The maximum atomic E-state index is 12.6. The predicted octanol–water partition coefficient (Wildman–Crippen LogP) is 4.93. The van der Waals surface area contributed by atoms with E-state index >= 15 is 0 Å². The van der Waals surface area contributed by atoms with Crippen LogP contribution in [0.4, 0.5) is 0 Å². The van der Waals surface area contributed by atoms with Gasteiger partial charge in [-0.2, -0.15) is 0 Å². The van der Waals surface area contributed by atoms with E-state index in [1.807, 2.05) is 38.1 Å². The Hall–Kier alpha value is -2.92. The molecule has 0 radical (unpaired) electrons. The van der Waals surface area contributed by atoms with Gasteiger partial charge in [0.05, 0.1) is 5.39 Å². The van der Waals surface area contributed by atoms with Gasteiger partial charge in [-0.3, -0.25) is 9.59 Å². The van der Waals surface area contributed by atoms with Gasteiger partial charge in [0.25, 0.3) is 5.91 Å². The molecule has 1 heterocycles. The highest BCUT2D eigenvalue weighted by molar-refractivity contribution is 5.94. The summed E-state index contributed by atoms with van der Waals surface area (Å²) in [5, 5.41) is 3.58. The SMILES string of the molecule is CCN(CC)CCCCNC(=O)c1ccc(-c2cc(=O)c3cc(C)cc(C)c3o2)cc1. The zero-order valence-electron chi connectivity index (χ0n) is 19.0. The Morgan fingerprint density at radius 2 is 1.71 bits per heavy atom. The van der Waals surface area contributed by atoms with Crippen molar-refractivity contribution in [3.8, 4) is 11.3 Å². The number of amides is 1. The molecule has 0 saturated heterocycles. The molecular formula is C26H32N2O3. The number of nitrogens with zero attached hydrogens (tertiary/aromatic N) is 1. The number of hydrogen-bond acceptors (Lipinski definition) is 4. The van der Waals surface area contributed by atoms with E-state index in [9.17, 15) is 9.59 Å². The van der Waals surface area contributed by atoms with Gasteiger partial charge in [0.15, 0.2) is 5.43 Å². The first-order valence-corrected chi connectivity index (χ1v) is 11.1. The summed E-state index contributed by atoms with van der Waals surface area (Å²) in [6.45, 7) is 12.1. The van der Waals surface area contributed by atoms with Crippen molar-refractivity contribution in [3.63, 3.8) is 0 Å². The van der Waals surface area contributed by atoms with Crippen LogP contribution in [0.3, 0.4) is 0 Å². The summed E-state index contributed by atoms with van der Waals surface area (Å²) in [6.07, 6.45) is 2.03. The minimum absolute atomic E-state index is 0.0606. The number of fused-ring (bicyclic) bond motifs is 1. The van der Waals surface area contributed by atoms with Crippen molar-refractivity contribution < 1.29 is 9.21 Å². The molecule has 0 atom stereocenters. The monoisotopic (exact) mass is 420 g/mol. The lowest BCUT2D eigenvalue weighted by Gasteiger charge is -2.17. The average molecular weight is 421 g/mol. The molecule has 1 amide bonds. The van der Waals surface area contributed by atoms with E-state index in [4.69, 9.17) is 4.42 Å². The van der Waals surface area contributed by atoms with E-state index in [0.29, 0.717) is 28.8 Å². The van der Waals surface area contributed by atoms with E-state index in [0.717, 1.165) is 49.2 Å². The molecule has 0 aliphatic carbocycles. The van der Waals surface area contributed by atoms with Crippen molar-refractivity contribution in [3.05, 3.63) is 69.4 Å². The molecule has 3 aromatic rings. The number of rotatable bonds is 9. The summed E-state index contributed by atoms with van der Waals surface area (Å²) in [4.78, 5) is 27.4. The fourth-order valence-corrected chi connectivity index (χ4v) is 3.84. The van der Waals surface area contributed by atoms with E-state index in [-0.39, 0.29) is 11.3 Å². The maximum Gasteiger partial charge on any atom is 0.251 e. The molecule has 31 heavy (non-hydrogen) atoms. The number of carbonyl (C=O) groups excluding carboxylic acids is 1. The fraction of sp³-hybridized carbons (Fsp3) is 0.385. The number of aryl methyl sites for hydroxylation is 2. The van der Waals surface area contributed by atoms with Gasteiger partial charge in [-0.25, -0.2) is 0 Å².